The highest BCUT2D eigenvalue weighted by Crippen LogP contribution is 2.20. The highest BCUT2D eigenvalue weighted by molar-refractivity contribution is 9.10. The molecule has 0 bridgehead atoms. The van der Waals surface area contributed by atoms with Crippen LogP contribution in [-0.2, 0) is 0 Å². The first-order valence-corrected chi connectivity index (χ1v) is 6.27. The second kappa shape index (κ2) is 5.48. The lowest BCUT2D eigenvalue weighted by Gasteiger charge is -2.17. The molecule has 0 fully saturated rings. The highest BCUT2D eigenvalue weighted by atomic mass is 79.9. The normalized spacial score (nSPS) is 10.3. The number of benzene rings is 2. The first-order valence-electron chi connectivity index (χ1n) is 5.47. The van der Waals surface area contributed by atoms with Crippen LogP contribution in [0, 0.1) is 11.6 Å². The summed E-state index contributed by atoms with van der Waals surface area (Å²) in [6.45, 7) is 0. The fourth-order valence-electron chi connectivity index (χ4n) is 1.62. The number of rotatable bonds is 2. The van der Waals surface area contributed by atoms with E-state index in [9.17, 15) is 13.6 Å². The summed E-state index contributed by atoms with van der Waals surface area (Å²) in [6, 6.07) is 9.76. The van der Waals surface area contributed by atoms with E-state index < -0.39 is 17.5 Å². The molecule has 1 amide bonds. The summed E-state index contributed by atoms with van der Waals surface area (Å²) in [4.78, 5) is 13.4. The van der Waals surface area contributed by atoms with Crippen molar-refractivity contribution in [3.63, 3.8) is 0 Å². The zero-order chi connectivity index (χ0) is 14.0. The molecule has 0 aromatic heterocycles. The van der Waals surface area contributed by atoms with Crippen molar-refractivity contribution in [3.05, 3.63) is 64.1 Å². The molecule has 0 saturated heterocycles. The summed E-state index contributed by atoms with van der Waals surface area (Å²) < 4.78 is 26.8. The molecule has 5 heteroatoms. The van der Waals surface area contributed by atoms with E-state index in [1.807, 2.05) is 0 Å². The van der Waals surface area contributed by atoms with Crippen molar-refractivity contribution in [2.24, 2.45) is 0 Å². The summed E-state index contributed by atoms with van der Waals surface area (Å²) in [6.07, 6.45) is 0. The van der Waals surface area contributed by atoms with Gasteiger partial charge in [-0.05, 0) is 52.3 Å². The highest BCUT2D eigenvalue weighted by Gasteiger charge is 2.15. The molecular formula is C14H10BrF2NO. The number of nitrogens with zero attached hydrogens (tertiary/aromatic N) is 1. The van der Waals surface area contributed by atoms with E-state index in [0.29, 0.717) is 5.69 Å². The SMILES string of the molecule is CN(C(=O)c1ccc(Br)c(F)c1)c1cccc(F)c1. The van der Waals surface area contributed by atoms with Crippen molar-refractivity contribution < 1.29 is 13.6 Å². The van der Waals surface area contributed by atoms with E-state index in [-0.39, 0.29) is 10.0 Å². The first-order chi connectivity index (χ1) is 8.99. The minimum atomic E-state index is -0.515. The number of hydrogen-bond donors (Lipinski definition) is 0. The van der Waals surface area contributed by atoms with Crippen LogP contribution in [0.2, 0.25) is 0 Å². The Balaban J connectivity index is 2.30. The van der Waals surface area contributed by atoms with Gasteiger partial charge in [-0.1, -0.05) is 6.07 Å². The summed E-state index contributed by atoms with van der Waals surface area (Å²) in [5.41, 5.74) is 0.612. The van der Waals surface area contributed by atoms with Crippen molar-refractivity contribution in [3.8, 4) is 0 Å². The molecule has 0 spiro atoms. The first kappa shape index (κ1) is 13.7. The van der Waals surface area contributed by atoms with Crippen molar-refractivity contribution in [2.75, 3.05) is 11.9 Å². The molecule has 0 radical (unpaired) electrons. The van der Waals surface area contributed by atoms with Crippen LogP contribution in [0.15, 0.2) is 46.9 Å². The predicted octanol–water partition coefficient (Wildman–Crippen LogP) is 4.00. The molecule has 0 heterocycles. The molecule has 0 aliphatic rings. The summed E-state index contributed by atoms with van der Waals surface area (Å²) in [5, 5.41) is 0. The van der Waals surface area contributed by atoms with E-state index >= 15 is 0 Å². The molecular weight excluding hydrogens is 316 g/mol. The summed E-state index contributed by atoms with van der Waals surface area (Å²) in [7, 11) is 1.51. The minimum absolute atomic E-state index is 0.201. The van der Waals surface area contributed by atoms with Crippen LogP contribution in [0.1, 0.15) is 10.4 Å². The van der Waals surface area contributed by atoms with Crippen molar-refractivity contribution in [1.29, 1.82) is 0 Å². The van der Waals surface area contributed by atoms with Gasteiger partial charge in [-0.2, -0.15) is 0 Å². The number of halogens is 3. The van der Waals surface area contributed by atoms with Gasteiger partial charge in [0.25, 0.3) is 5.91 Å². The predicted molar refractivity (Wildman–Crippen MR) is 73.2 cm³/mol. The van der Waals surface area contributed by atoms with Gasteiger partial charge in [0.05, 0.1) is 4.47 Å². The number of amides is 1. The Morgan fingerprint density at radius 2 is 1.89 bits per heavy atom. The van der Waals surface area contributed by atoms with Crippen LogP contribution in [-0.4, -0.2) is 13.0 Å². The van der Waals surface area contributed by atoms with Gasteiger partial charge in [-0.15, -0.1) is 0 Å². The van der Waals surface area contributed by atoms with Crippen LogP contribution in [0.3, 0.4) is 0 Å². The second-order valence-electron chi connectivity index (χ2n) is 3.97. The lowest BCUT2D eigenvalue weighted by molar-refractivity contribution is 0.0992. The van der Waals surface area contributed by atoms with E-state index in [0.717, 1.165) is 6.07 Å². The van der Waals surface area contributed by atoms with Gasteiger partial charge in [-0.3, -0.25) is 4.79 Å². The van der Waals surface area contributed by atoms with Gasteiger partial charge in [0.15, 0.2) is 0 Å². The zero-order valence-corrected chi connectivity index (χ0v) is 11.6. The summed E-state index contributed by atoms with van der Waals surface area (Å²) >= 11 is 3.02. The monoisotopic (exact) mass is 325 g/mol. The number of carbonyl (C=O) groups is 1. The Morgan fingerprint density at radius 1 is 1.16 bits per heavy atom. The van der Waals surface area contributed by atoms with Crippen LogP contribution < -0.4 is 4.90 Å². The van der Waals surface area contributed by atoms with Crippen LogP contribution in [0.25, 0.3) is 0 Å². The van der Waals surface area contributed by atoms with Gasteiger partial charge >= 0.3 is 0 Å². The van der Waals surface area contributed by atoms with Crippen molar-refractivity contribution >= 4 is 27.5 Å². The molecule has 0 atom stereocenters. The molecule has 2 nitrogen and oxygen atoms in total. The van der Waals surface area contributed by atoms with Crippen molar-refractivity contribution in [1.82, 2.24) is 0 Å². The largest absolute Gasteiger partial charge is 0.311 e. The molecule has 0 unspecified atom stereocenters. The molecule has 2 aromatic carbocycles. The van der Waals surface area contributed by atoms with Gasteiger partial charge < -0.3 is 4.90 Å². The van der Waals surface area contributed by atoms with E-state index in [2.05, 4.69) is 15.9 Å². The third-order valence-corrected chi connectivity index (χ3v) is 3.31. The number of hydrogen-bond acceptors (Lipinski definition) is 1. The van der Waals surface area contributed by atoms with Gasteiger partial charge in [0.1, 0.15) is 11.6 Å². The standard InChI is InChI=1S/C14H10BrF2NO/c1-18(11-4-2-3-10(16)8-11)14(19)9-5-6-12(15)13(17)7-9/h2-8H,1H3. The van der Waals surface area contributed by atoms with Crippen LogP contribution in [0.5, 0.6) is 0 Å². The molecule has 2 aromatic rings. The molecule has 2 rings (SSSR count). The zero-order valence-electron chi connectivity index (χ0n) is 10.0. The lowest BCUT2D eigenvalue weighted by Crippen LogP contribution is -2.26. The molecule has 0 aliphatic heterocycles. The van der Waals surface area contributed by atoms with Gasteiger partial charge in [0, 0.05) is 18.3 Å². The fraction of sp³-hybridized carbons (Fsp3) is 0.0714. The number of carbonyl (C=O) groups excluding carboxylic acids is 1. The Labute approximate surface area is 117 Å². The third kappa shape index (κ3) is 2.98. The Morgan fingerprint density at radius 3 is 2.53 bits per heavy atom. The maximum absolute atomic E-state index is 13.4. The van der Waals surface area contributed by atoms with Crippen LogP contribution in [0.4, 0.5) is 14.5 Å². The average Bonchev–Trinajstić information content (AvgIpc) is 2.40. The van der Waals surface area contributed by atoms with E-state index in [4.69, 9.17) is 0 Å². The summed E-state index contributed by atoms with van der Waals surface area (Å²) in [5.74, 6) is -1.35. The quantitative estimate of drug-likeness (QED) is 0.817. The fourth-order valence-corrected chi connectivity index (χ4v) is 1.87. The molecule has 0 N–H and O–H groups in total. The van der Waals surface area contributed by atoms with Gasteiger partial charge in [-0.25, -0.2) is 8.78 Å². The lowest BCUT2D eigenvalue weighted by atomic mass is 10.2. The third-order valence-electron chi connectivity index (χ3n) is 2.67. The van der Waals surface area contributed by atoms with E-state index in [1.54, 1.807) is 6.07 Å². The molecule has 19 heavy (non-hydrogen) atoms. The molecule has 0 saturated carbocycles. The number of anilines is 1. The Kier molecular flexibility index (Phi) is 3.95. The molecule has 0 aliphatic carbocycles. The topological polar surface area (TPSA) is 20.3 Å². The van der Waals surface area contributed by atoms with E-state index in [1.165, 1.54) is 42.3 Å². The maximum Gasteiger partial charge on any atom is 0.258 e. The Hall–Kier alpha value is -1.75. The van der Waals surface area contributed by atoms with Crippen molar-refractivity contribution in [2.45, 2.75) is 0 Å². The smallest absolute Gasteiger partial charge is 0.258 e. The Bertz CT molecular complexity index is 631. The second-order valence-corrected chi connectivity index (χ2v) is 4.83. The van der Waals surface area contributed by atoms with Gasteiger partial charge in [0.2, 0.25) is 0 Å². The average molecular weight is 326 g/mol. The minimum Gasteiger partial charge on any atom is -0.311 e. The maximum atomic E-state index is 13.4. The molecule has 98 valence electrons. The van der Waals surface area contributed by atoms with Crippen LogP contribution >= 0.6 is 15.9 Å².